The Hall–Kier alpha value is -3.74. The number of carbonyl (C=O) groups excluding carboxylic acids is 2. The largest absolute Gasteiger partial charge is 0.465 e. The molecule has 0 aliphatic rings. The lowest BCUT2D eigenvalue weighted by Crippen LogP contribution is -2.13. The average molecular weight is 436 g/mol. The van der Waals surface area contributed by atoms with Gasteiger partial charge in [-0.1, -0.05) is 45.0 Å². The smallest absolute Gasteiger partial charge is 0.340 e. The summed E-state index contributed by atoms with van der Waals surface area (Å²) in [6.07, 6.45) is 0. The van der Waals surface area contributed by atoms with E-state index in [1.807, 2.05) is 20.8 Å². The number of esters is 2. The number of nitrogens with zero attached hydrogens (tertiary/aromatic N) is 1. The normalized spacial score (nSPS) is 11.2. The summed E-state index contributed by atoms with van der Waals surface area (Å²) < 4.78 is 24.4. The van der Waals surface area contributed by atoms with E-state index in [9.17, 15) is 14.0 Å². The number of nitrogen functional groups attached to an aromatic ring is 1. The van der Waals surface area contributed by atoms with Crippen molar-refractivity contribution in [3.05, 3.63) is 71.0 Å². The van der Waals surface area contributed by atoms with Crippen molar-refractivity contribution in [3.63, 3.8) is 0 Å². The van der Waals surface area contributed by atoms with Gasteiger partial charge in [-0.3, -0.25) is 0 Å². The number of pyridine rings is 1. The minimum Gasteiger partial charge on any atom is -0.465 e. The minimum atomic E-state index is -0.634. The van der Waals surface area contributed by atoms with E-state index in [2.05, 4.69) is 4.98 Å². The fourth-order valence-electron chi connectivity index (χ4n) is 3.37. The molecule has 3 rings (SSSR count). The molecular formula is C25H25FN2O4. The summed E-state index contributed by atoms with van der Waals surface area (Å²) in [5.74, 6) is -1.47. The van der Waals surface area contributed by atoms with Crippen LogP contribution >= 0.6 is 0 Å². The number of hydrogen-bond donors (Lipinski definition) is 1. The monoisotopic (exact) mass is 436 g/mol. The number of rotatable bonds is 4. The third-order valence-electron chi connectivity index (χ3n) is 5.12. The van der Waals surface area contributed by atoms with Gasteiger partial charge in [-0.2, -0.15) is 0 Å². The van der Waals surface area contributed by atoms with Crippen molar-refractivity contribution < 1.29 is 23.5 Å². The number of nitrogens with two attached hydrogens (primary N) is 1. The molecule has 2 aromatic carbocycles. The number of hydrogen-bond acceptors (Lipinski definition) is 6. The lowest BCUT2D eigenvalue weighted by Gasteiger charge is -2.20. The number of benzene rings is 2. The predicted molar refractivity (Wildman–Crippen MR) is 121 cm³/mol. The van der Waals surface area contributed by atoms with Crippen LogP contribution in [0.5, 0.6) is 0 Å². The van der Waals surface area contributed by atoms with Crippen molar-refractivity contribution in [1.82, 2.24) is 4.98 Å². The Morgan fingerprint density at radius 2 is 1.50 bits per heavy atom. The van der Waals surface area contributed by atoms with Crippen molar-refractivity contribution in [3.8, 4) is 22.5 Å². The van der Waals surface area contributed by atoms with Gasteiger partial charge in [-0.25, -0.2) is 19.0 Å². The molecule has 0 bridgehead atoms. The summed E-state index contributed by atoms with van der Waals surface area (Å²) in [6.45, 7) is 5.79. The highest BCUT2D eigenvalue weighted by Crippen LogP contribution is 2.34. The van der Waals surface area contributed by atoms with E-state index in [-0.39, 0.29) is 22.5 Å². The third kappa shape index (κ3) is 4.46. The van der Waals surface area contributed by atoms with Gasteiger partial charge in [0.1, 0.15) is 5.82 Å². The summed E-state index contributed by atoms with van der Waals surface area (Å²) in [6, 6.07) is 12.8. The summed E-state index contributed by atoms with van der Waals surface area (Å²) in [5.41, 5.74) is 8.81. The standard InChI is InChI=1S/C25H25FN2O4/c1-25(2,3)18-11-10-16(12-19(18)26)20-13-17(24(30)32-5)21(27)22(28-20)14-6-8-15(9-7-14)23(29)31-4/h6-13H,27H2,1-5H3. The molecule has 7 heteroatoms. The highest BCUT2D eigenvalue weighted by molar-refractivity contribution is 6.00. The predicted octanol–water partition coefficient (Wildman–Crippen LogP) is 5.01. The van der Waals surface area contributed by atoms with Crippen LogP contribution in [0.15, 0.2) is 48.5 Å². The molecule has 0 unspecified atom stereocenters. The lowest BCUT2D eigenvalue weighted by atomic mass is 9.86. The summed E-state index contributed by atoms with van der Waals surface area (Å²) in [5, 5.41) is 0. The number of aromatic nitrogens is 1. The number of ether oxygens (including phenoxy) is 2. The molecule has 32 heavy (non-hydrogen) atoms. The van der Waals surface area contributed by atoms with Gasteiger partial charge in [0.25, 0.3) is 0 Å². The van der Waals surface area contributed by atoms with E-state index in [0.717, 1.165) is 0 Å². The number of carbonyl (C=O) groups is 2. The second kappa shape index (κ2) is 8.78. The van der Waals surface area contributed by atoms with Crippen molar-refractivity contribution >= 4 is 17.6 Å². The topological polar surface area (TPSA) is 91.5 Å². The average Bonchev–Trinajstić information content (AvgIpc) is 2.77. The minimum absolute atomic E-state index is 0.116. The Kier molecular flexibility index (Phi) is 6.30. The van der Waals surface area contributed by atoms with E-state index >= 15 is 0 Å². The van der Waals surface area contributed by atoms with Crippen LogP contribution in [0.25, 0.3) is 22.5 Å². The quantitative estimate of drug-likeness (QED) is 0.578. The van der Waals surface area contributed by atoms with Gasteiger partial charge in [-0.05, 0) is 35.2 Å². The molecule has 0 atom stereocenters. The fourth-order valence-corrected chi connectivity index (χ4v) is 3.37. The molecule has 0 radical (unpaired) electrons. The van der Waals surface area contributed by atoms with Crippen molar-refractivity contribution in [2.75, 3.05) is 20.0 Å². The molecule has 1 aromatic heterocycles. The summed E-state index contributed by atoms with van der Waals surface area (Å²) in [4.78, 5) is 28.7. The Morgan fingerprint density at radius 3 is 2.03 bits per heavy atom. The maximum Gasteiger partial charge on any atom is 0.340 e. The molecule has 1 heterocycles. The molecule has 0 spiro atoms. The van der Waals surface area contributed by atoms with Crippen molar-refractivity contribution in [2.24, 2.45) is 0 Å². The second-order valence-corrected chi connectivity index (χ2v) is 8.32. The molecule has 0 saturated carbocycles. The zero-order chi connectivity index (χ0) is 23.6. The summed E-state index contributed by atoms with van der Waals surface area (Å²) in [7, 11) is 2.55. The van der Waals surface area contributed by atoms with E-state index in [4.69, 9.17) is 15.2 Å². The van der Waals surface area contributed by atoms with Gasteiger partial charge in [0, 0.05) is 11.1 Å². The maximum atomic E-state index is 14.8. The van der Waals surface area contributed by atoms with Crippen molar-refractivity contribution in [1.29, 1.82) is 0 Å². The molecule has 0 fully saturated rings. The Morgan fingerprint density at radius 1 is 0.906 bits per heavy atom. The first-order valence-corrected chi connectivity index (χ1v) is 9.94. The van der Waals surface area contributed by atoms with Gasteiger partial charge >= 0.3 is 11.9 Å². The van der Waals surface area contributed by atoms with Gasteiger partial charge in [-0.15, -0.1) is 0 Å². The van der Waals surface area contributed by atoms with Crippen LogP contribution in [0.2, 0.25) is 0 Å². The number of methoxy groups -OCH3 is 2. The van der Waals surface area contributed by atoms with Gasteiger partial charge in [0.2, 0.25) is 0 Å². The SMILES string of the molecule is COC(=O)c1ccc(-c2nc(-c3ccc(C(C)(C)C)c(F)c3)cc(C(=O)OC)c2N)cc1. The lowest BCUT2D eigenvalue weighted by molar-refractivity contribution is 0.0592. The molecular weight excluding hydrogens is 411 g/mol. The Bertz CT molecular complexity index is 1180. The third-order valence-corrected chi connectivity index (χ3v) is 5.12. The highest BCUT2D eigenvalue weighted by Gasteiger charge is 2.22. The van der Waals surface area contributed by atoms with Crippen LogP contribution in [-0.2, 0) is 14.9 Å². The number of anilines is 1. The fraction of sp³-hybridized carbons (Fsp3) is 0.240. The molecule has 166 valence electrons. The molecule has 3 aromatic rings. The van der Waals surface area contributed by atoms with Gasteiger partial charge in [0.05, 0.1) is 42.4 Å². The molecule has 0 aliphatic carbocycles. The Labute approximate surface area is 186 Å². The van der Waals surface area contributed by atoms with E-state index in [1.165, 1.54) is 26.4 Å². The van der Waals surface area contributed by atoms with Crippen LogP contribution in [0.3, 0.4) is 0 Å². The molecule has 0 saturated heterocycles. The first-order chi connectivity index (χ1) is 15.1. The molecule has 0 amide bonds. The second-order valence-electron chi connectivity index (χ2n) is 8.32. The molecule has 0 aliphatic heterocycles. The van der Waals surface area contributed by atoms with Crippen LogP contribution in [0, 0.1) is 5.82 Å². The Balaban J connectivity index is 2.18. The molecule has 6 nitrogen and oxygen atoms in total. The van der Waals surface area contributed by atoms with Crippen LogP contribution < -0.4 is 5.73 Å². The summed E-state index contributed by atoms with van der Waals surface area (Å²) >= 11 is 0. The maximum absolute atomic E-state index is 14.8. The van der Waals surface area contributed by atoms with Crippen molar-refractivity contribution in [2.45, 2.75) is 26.2 Å². The van der Waals surface area contributed by atoms with Crippen LogP contribution in [-0.4, -0.2) is 31.1 Å². The van der Waals surface area contributed by atoms with E-state index in [1.54, 1.807) is 36.4 Å². The first kappa shape index (κ1) is 22.9. The zero-order valence-corrected chi connectivity index (χ0v) is 18.7. The van der Waals surface area contributed by atoms with Gasteiger partial charge in [0.15, 0.2) is 0 Å². The first-order valence-electron chi connectivity index (χ1n) is 9.94. The van der Waals surface area contributed by atoms with E-state index in [0.29, 0.717) is 33.6 Å². The van der Waals surface area contributed by atoms with Crippen LogP contribution in [0.4, 0.5) is 10.1 Å². The van der Waals surface area contributed by atoms with Crippen LogP contribution in [0.1, 0.15) is 47.1 Å². The zero-order valence-electron chi connectivity index (χ0n) is 18.7. The highest BCUT2D eigenvalue weighted by atomic mass is 19.1. The molecule has 2 N–H and O–H groups in total. The number of halogens is 1. The van der Waals surface area contributed by atoms with Gasteiger partial charge < -0.3 is 15.2 Å². The van der Waals surface area contributed by atoms with E-state index < -0.39 is 11.9 Å².